The van der Waals surface area contributed by atoms with E-state index in [0.717, 1.165) is 0 Å². The van der Waals surface area contributed by atoms with Crippen LogP contribution in [0.3, 0.4) is 0 Å². The van der Waals surface area contributed by atoms with Crippen LogP contribution in [0.15, 0.2) is 36.5 Å². The minimum Gasteiger partial charge on any atom is -0.494 e. The minimum atomic E-state index is -0.431. The molecule has 0 aliphatic heterocycles. The van der Waals surface area contributed by atoms with Crippen molar-refractivity contribution in [2.45, 2.75) is 0 Å². The molecule has 0 unspecified atom stereocenters. The van der Waals surface area contributed by atoms with E-state index in [2.05, 4.69) is 4.98 Å². The number of nitrogens with zero attached hydrogens (tertiary/aromatic N) is 1. The molecule has 0 saturated carbocycles. The molecule has 0 radical (unpaired) electrons. The van der Waals surface area contributed by atoms with Gasteiger partial charge in [0.1, 0.15) is 0 Å². The maximum Gasteiger partial charge on any atom is 0.174 e. The summed E-state index contributed by atoms with van der Waals surface area (Å²) in [7, 11) is 1.42. The highest BCUT2D eigenvalue weighted by atomic mass is 35.5. The molecule has 2 aromatic rings. The molecule has 0 saturated heterocycles. The molecule has 2 rings (SSSR count). The van der Waals surface area contributed by atoms with Crippen molar-refractivity contribution in [2.24, 2.45) is 0 Å². The zero-order valence-corrected chi connectivity index (χ0v) is 9.33. The molecule has 0 spiro atoms. The Kier molecular flexibility index (Phi) is 3.06. The van der Waals surface area contributed by atoms with Crippen molar-refractivity contribution < 1.29 is 9.13 Å². The summed E-state index contributed by atoms with van der Waals surface area (Å²) < 4.78 is 18.8. The van der Waals surface area contributed by atoms with Gasteiger partial charge in [0.2, 0.25) is 0 Å². The molecular formula is C12H9ClFNO. The average Bonchev–Trinajstić information content (AvgIpc) is 2.29. The quantitative estimate of drug-likeness (QED) is 0.797. The highest BCUT2D eigenvalue weighted by molar-refractivity contribution is 6.30. The third-order valence-electron chi connectivity index (χ3n) is 2.18. The molecule has 0 atom stereocenters. The first-order valence-electron chi connectivity index (χ1n) is 4.67. The van der Waals surface area contributed by atoms with Gasteiger partial charge < -0.3 is 4.74 Å². The van der Waals surface area contributed by atoms with E-state index in [9.17, 15) is 4.39 Å². The Hall–Kier alpha value is -1.61. The standard InChI is InChI=1S/C12H9ClFNO/c1-16-11-4-2-3-9(12(11)14)10-7-8(13)5-6-15-10/h2-7H,1H3. The zero-order chi connectivity index (χ0) is 11.5. The summed E-state index contributed by atoms with van der Waals surface area (Å²) in [5, 5.41) is 0.521. The van der Waals surface area contributed by atoms with Crippen LogP contribution in [0, 0.1) is 5.82 Å². The van der Waals surface area contributed by atoms with Crippen LogP contribution in [0.25, 0.3) is 11.3 Å². The largest absolute Gasteiger partial charge is 0.494 e. The van der Waals surface area contributed by atoms with Gasteiger partial charge in [0, 0.05) is 16.8 Å². The van der Waals surface area contributed by atoms with Crippen LogP contribution < -0.4 is 4.74 Å². The van der Waals surface area contributed by atoms with Crippen molar-refractivity contribution in [3.05, 3.63) is 47.4 Å². The fourth-order valence-electron chi connectivity index (χ4n) is 1.42. The van der Waals surface area contributed by atoms with Crippen molar-refractivity contribution in [1.82, 2.24) is 4.98 Å². The summed E-state index contributed by atoms with van der Waals surface area (Å²) in [6, 6.07) is 8.16. The lowest BCUT2D eigenvalue weighted by Gasteiger charge is -2.06. The number of methoxy groups -OCH3 is 1. The maximum atomic E-state index is 13.9. The van der Waals surface area contributed by atoms with Gasteiger partial charge in [0.05, 0.1) is 12.8 Å². The Balaban J connectivity index is 2.56. The van der Waals surface area contributed by atoms with Crippen molar-refractivity contribution in [2.75, 3.05) is 7.11 Å². The van der Waals surface area contributed by atoms with Gasteiger partial charge >= 0.3 is 0 Å². The molecule has 82 valence electrons. The first-order chi connectivity index (χ1) is 7.72. The van der Waals surface area contributed by atoms with Crippen LogP contribution in [0.2, 0.25) is 5.02 Å². The van der Waals surface area contributed by atoms with Gasteiger partial charge in [0.15, 0.2) is 11.6 Å². The normalized spacial score (nSPS) is 10.2. The van der Waals surface area contributed by atoms with E-state index in [4.69, 9.17) is 16.3 Å². The molecule has 0 fully saturated rings. The molecular weight excluding hydrogens is 229 g/mol. The van der Waals surface area contributed by atoms with Crippen LogP contribution >= 0.6 is 11.6 Å². The fraction of sp³-hybridized carbons (Fsp3) is 0.0833. The second kappa shape index (κ2) is 4.49. The van der Waals surface area contributed by atoms with Crippen molar-refractivity contribution in [1.29, 1.82) is 0 Å². The van der Waals surface area contributed by atoms with Crippen molar-refractivity contribution in [3.8, 4) is 17.0 Å². The molecule has 0 aliphatic rings. The molecule has 0 N–H and O–H groups in total. The molecule has 0 amide bonds. The molecule has 1 heterocycles. The first-order valence-corrected chi connectivity index (χ1v) is 5.04. The molecule has 0 aliphatic carbocycles. The monoisotopic (exact) mass is 237 g/mol. The van der Waals surface area contributed by atoms with Crippen molar-refractivity contribution in [3.63, 3.8) is 0 Å². The lowest BCUT2D eigenvalue weighted by Crippen LogP contribution is -1.92. The number of halogens is 2. The Bertz CT molecular complexity index is 516. The van der Waals surface area contributed by atoms with E-state index in [-0.39, 0.29) is 5.75 Å². The summed E-state index contributed by atoms with van der Waals surface area (Å²) in [5.74, 6) is -0.237. The predicted octanol–water partition coefficient (Wildman–Crippen LogP) is 3.55. The topological polar surface area (TPSA) is 22.1 Å². The number of rotatable bonds is 2. The Morgan fingerprint density at radius 3 is 2.81 bits per heavy atom. The predicted molar refractivity (Wildman–Crippen MR) is 61.2 cm³/mol. The third kappa shape index (κ3) is 1.99. The Morgan fingerprint density at radius 1 is 1.31 bits per heavy atom. The number of hydrogen-bond donors (Lipinski definition) is 0. The summed E-state index contributed by atoms with van der Waals surface area (Å²) in [6.07, 6.45) is 1.54. The second-order valence-electron chi connectivity index (χ2n) is 3.18. The van der Waals surface area contributed by atoms with E-state index in [1.165, 1.54) is 13.3 Å². The van der Waals surface area contributed by atoms with E-state index >= 15 is 0 Å². The molecule has 16 heavy (non-hydrogen) atoms. The smallest absolute Gasteiger partial charge is 0.174 e. The van der Waals surface area contributed by atoms with Gasteiger partial charge in [-0.05, 0) is 24.3 Å². The number of pyridine rings is 1. The lowest BCUT2D eigenvalue weighted by atomic mass is 10.1. The summed E-state index contributed by atoms with van der Waals surface area (Å²) in [6.45, 7) is 0. The maximum absolute atomic E-state index is 13.9. The van der Waals surface area contributed by atoms with Crippen LogP contribution in [0.1, 0.15) is 0 Å². The number of hydrogen-bond acceptors (Lipinski definition) is 2. The first kappa shape index (κ1) is 10.9. The fourth-order valence-corrected chi connectivity index (χ4v) is 1.58. The number of benzene rings is 1. The van der Waals surface area contributed by atoms with E-state index < -0.39 is 5.82 Å². The van der Waals surface area contributed by atoms with E-state index in [1.54, 1.807) is 30.3 Å². The number of aromatic nitrogens is 1. The summed E-state index contributed by atoms with van der Waals surface area (Å²) in [5.41, 5.74) is 0.866. The average molecular weight is 238 g/mol. The number of ether oxygens (including phenoxy) is 1. The minimum absolute atomic E-state index is 0.194. The molecule has 1 aromatic heterocycles. The highest BCUT2D eigenvalue weighted by Gasteiger charge is 2.11. The Labute approximate surface area is 97.7 Å². The van der Waals surface area contributed by atoms with E-state index in [1.807, 2.05) is 0 Å². The van der Waals surface area contributed by atoms with Crippen LogP contribution in [0.4, 0.5) is 4.39 Å². The van der Waals surface area contributed by atoms with Gasteiger partial charge in [-0.15, -0.1) is 0 Å². The second-order valence-corrected chi connectivity index (χ2v) is 3.62. The van der Waals surface area contributed by atoms with Crippen LogP contribution in [-0.4, -0.2) is 12.1 Å². The third-order valence-corrected chi connectivity index (χ3v) is 2.42. The van der Waals surface area contributed by atoms with Crippen LogP contribution in [0.5, 0.6) is 5.75 Å². The van der Waals surface area contributed by atoms with Crippen molar-refractivity contribution >= 4 is 11.6 Å². The van der Waals surface area contributed by atoms with Gasteiger partial charge in [-0.1, -0.05) is 17.7 Å². The molecule has 4 heteroatoms. The van der Waals surface area contributed by atoms with Gasteiger partial charge in [-0.25, -0.2) is 4.39 Å². The zero-order valence-electron chi connectivity index (χ0n) is 8.58. The van der Waals surface area contributed by atoms with Gasteiger partial charge in [-0.3, -0.25) is 4.98 Å². The SMILES string of the molecule is COc1cccc(-c2cc(Cl)ccn2)c1F. The van der Waals surface area contributed by atoms with Crippen LogP contribution in [-0.2, 0) is 0 Å². The van der Waals surface area contributed by atoms with E-state index in [0.29, 0.717) is 16.3 Å². The van der Waals surface area contributed by atoms with Gasteiger partial charge in [-0.2, -0.15) is 0 Å². The molecule has 0 bridgehead atoms. The lowest BCUT2D eigenvalue weighted by molar-refractivity contribution is 0.387. The Morgan fingerprint density at radius 2 is 2.12 bits per heavy atom. The molecule has 1 aromatic carbocycles. The molecule has 2 nitrogen and oxygen atoms in total. The van der Waals surface area contributed by atoms with Gasteiger partial charge in [0.25, 0.3) is 0 Å². The highest BCUT2D eigenvalue weighted by Crippen LogP contribution is 2.28. The summed E-state index contributed by atoms with van der Waals surface area (Å²) in [4.78, 5) is 4.07. The summed E-state index contributed by atoms with van der Waals surface area (Å²) >= 11 is 5.83.